The first-order chi connectivity index (χ1) is 8.79. The van der Waals surface area contributed by atoms with E-state index < -0.39 is 0 Å². The fourth-order valence-corrected chi connectivity index (χ4v) is 2.41. The summed E-state index contributed by atoms with van der Waals surface area (Å²) >= 11 is 0. The van der Waals surface area contributed by atoms with Gasteiger partial charge in [-0.2, -0.15) is 0 Å². The van der Waals surface area contributed by atoms with Crippen molar-refractivity contribution in [2.45, 2.75) is 39.5 Å². The van der Waals surface area contributed by atoms with Crippen molar-refractivity contribution in [3.05, 3.63) is 12.4 Å². The number of nitrogens with zero attached hydrogens (tertiary/aromatic N) is 3. The Bertz CT molecular complexity index is 367. The highest BCUT2D eigenvalue weighted by Gasteiger charge is 2.17. The van der Waals surface area contributed by atoms with Gasteiger partial charge in [0.2, 0.25) is 0 Å². The zero-order valence-corrected chi connectivity index (χ0v) is 11.5. The summed E-state index contributed by atoms with van der Waals surface area (Å²) in [6, 6.07) is 2.08. The Hall–Kier alpha value is -1.32. The predicted molar refractivity (Wildman–Crippen MR) is 76.0 cm³/mol. The van der Waals surface area contributed by atoms with E-state index in [1.807, 2.05) is 0 Å². The Morgan fingerprint density at radius 3 is 3.11 bits per heavy atom. The Morgan fingerprint density at radius 2 is 2.33 bits per heavy atom. The van der Waals surface area contributed by atoms with Gasteiger partial charge in [0.05, 0.1) is 0 Å². The quantitative estimate of drug-likeness (QED) is 0.813. The molecule has 1 aliphatic rings. The van der Waals surface area contributed by atoms with Crippen molar-refractivity contribution in [3.8, 4) is 0 Å². The predicted octanol–water partition coefficient (Wildman–Crippen LogP) is 2.92. The van der Waals surface area contributed by atoms with E-state index in [1.165, 1.54) is 25.7 Å². The zero-order chi connectivity index (χ0) is 12.8. The van der Waals surface area contributed by atoms with E-state index >= 15 is 0 Å². The molecule has 1 aromatic heterocycles. The van der Waals surface area contributed by atoms with Gasteiger partial charge in [-0.25, -0.2) is 9.97 Å². The Morgan fingerprint density at radius 1 is 1.44 bits per heavy atom. The van der Waals surface area contributed by atoms with Gasteiger partial charge in [0.25, 0.3) is 0 Å². The number of unbranched alkanes of at least 4 members (excludes halogenated alkanes) is 1. The van der Waals surface area contributed by atoms with E-state index in [1.54, 1.807) is 6.33 Å². The van der Waals surface area contributed by atoms with Gasteiger partial charge in [-0.05, 0) is 25.2 Å². The summed E-state index contributed by atoms with van der Waals surface area (Å²) in [6.07, 6.45) is 6.66. The molecule has 1 atom stereocenters. The summed E-state index contributed by atoms with van der Waals surface area (Å²) in [5.74, 6) is 2.78. The van der Waals surface area contributed by atoms with E-state index in [0.29, 0.717) is 0 Å². The summed E-state index contributed by atoms with van der Waals surface area (Å²) in [6.45, 7) is 7.74. The molecule has 0 radical (unpaired) electrons. The third-order valence-electron chi connectivity index (χ3n) is 3.47. The number of rotatable bonds is 5. The number of hydrogen-bond donors (Lipinski definition) is 1. The summed E-state index contributed by atoms with van der Waals surface area (Å²) in [4.78, 5) is 11.1. The molecule has 18 heavy (non-hydrogen) atoms. The molecule has 100 valence electrons. The van der Waals surface area contributed by atoms with E-state index in [2.05, 4.69) is 40.1 Å². The molecule has 4 heteroatoms. The fraction of sp³-hybridized carbons (Fsp3) is 0.714. The van der Waals surface area contributed by atoms with Crippen LogP contribution < -0.4 is 10.2 Å². The van der Waals surface area contributed by atoms with Gasteiger partial charge in [-0.15, -0.1) is 0 Å². The van der Waals surface area contributed by atoms with Gasteiger partial charge < -0.3 is 10.2 Å². The topological polar surface area (TPSA) is 41.0 Å². The average Bonchev–Trinajstić information content (AvgIpc) is 2.39. The minimum absolute atomic E-state index is 0.769. The molecule has 0 spiro atoms. The van der Waals surface area contributed by atoms with Crippen LogP contribution in [0.4, 0.5) is 11.6 Å². The highest BCUT2D eigenvalue weighted by molar-refractivity contribution is 5.48. The first-order valence-electron chi connectivity index (χ1n) is 7.10. The summed E-state index contributed by atoms with van der Waals surface area (Å²) < 4.78 is 0. The van der Waals surface area contributed by atoms with E-state index in [9.17, 15) is 0 Å². The van der Waals surface area contributed by atoms with Crippen molar-refractivity contribution in [3.63, 3.8) is 0 Å². The lowest BCUT2D eigenvalue weighted by molar-refractivity contribution is 0.444. The molecule has 1 N–H and O–H groups in total. The number of nitrogens with one attached hydrogen (secondary N) is 1. The van der Waals surface area contributed by atoms with Crippen molar-refractivity contribution in [2.75, 3.05) is 29.9 Å². The normalized spacial score (nSPS) is 19.9. The third-order valence-corrected chi connectivity index (χ3v) is 3.47. The molecular weight excluding hydrogens is 224 g/mol. The molecule has 4 nitrogen and oxygen atoms in total. The summed E-state index contributed by atoms with van der Waals surface area (Å²) in [5, 5.41) is 3.36. The molecule has 0 bridgehead atoms. The summed E-state index contributed by atoms with van der Waals surface area (Å²) in [5.41, 5.74) is 0. The molecule has 1 aromatic rings. The van der Waals surface area contributed by atoms with Gasteiger partial charge >= 0.3 is 0 Å². The number of hydrogen-bond acceptors (Lipinski definition) is 4. The van der Waals surface area contributed by atoms with Crippen LogP contribution in [-0.4, -0.2) is 29.6 Å². The molecule has 1 aliphatic heterocycles. The molecule has 0 aromatic carbocycles. The van der Waals surface area contributed by atoms with Crippen LogP contribution in [0.1, 0.15) is 39.5 Å². The van der Waals surface area contributed by atoms with Crippen LogP contribution in [0.3, 0.4) is 0 Å². The maximum absolute atomic E-state index is 4.40. The molecule has 1 saturated heterocycles. The van der Waals surface area contributed by atoms with Crippen molar-refractivity contribution in [2.24, 2.45) is 5.92 Å². The highest BCUT2D eigenvalue weighted by Crippen LogP contribution is 2.22. The zero-order valence-electron chi connectivity index (χ0n) is 11.5. The molecular formula is C14H24N4. The van der Waals surface area contributed by atoms with Crippen LogP contribution in [0.25, 0.3) is 0 Å². The van der Waals surface area contributed by atoms with Crippen LogP contribution in [0, 0.1) is 5.92 Å². The second-order valence-corrected chi connectivity index (χ2v) is 5.24. The van der Waals surface area contributed by atoms with Crippen molar-refractivity contribution in [1.82, 2.24) is 9.97 Å². The number of aromatic nitrogens is 2. The standard InChI is InChI=1S/C14H24N4/c1-3-4-7-15-13-9-14(17-11-16-13)18-8-5-6-12(2)10-18/h9,11-12H,3-8,10H2,1-2H3,(H,15,16,17). The first kappa shape index (κ1) is 13.1. The van der Waals surface area contributed by atoms with Gasteiger partial charge in [-0.1, -0.05) is 20.3 Å². The molecule has 1 unspecified atom stereocenters. The monoisotopic (exact) mass is 248 g/mol. The van der Waals surface area contributed by atoms with Gasteiger partial charge in [-0.3, -0.25) is 0 Å². The van der Waals surface area contributed by atoms with Crippen molar-refractivity contribution in [1.29, 1.82) is 0 Å². The number of anilines is 2. The van der Waals surface area contributed by atoms with E-state index in [-0.39, 0.29) is 0 Å². The number of piperidine rings is 1. The minimum Gasteiger partial charge on any atom is -0.370 e. The maximum atomic E-state index is 4.40. The molecule has 1 fully saturated rings. The SMILES string of the molecule is CCCCNc1cc(N2CCCC(C)C2)ncn1. The molecule has 2 heterocycles. The Labute approximate surface area is 110 Å². The summed E-state index contributed by atoms with van der Waals surface area (Å²) in [7, 11) is 0. The highest BCUT2D eigenvalue weighted by atomic mass is 15.2. The van der Waals surface area contributed by atoms with Crippen LogP contribution in [0.5, 0.6) is 0 Å². The van der Waals surface area contributed by atoms with Gasteiger partial charge in [0.15, 0.2) is 0 Å². The van der Waals surface area contributed by atoms with Crippen LogP contribution in [0.15, 0.2) is 12.4 Å². The third kappa shape index (κ3) is 3.59. The van der Waals surface area contributed by atoms with Gasteiger partial charge in [0.1, 0.15) is 18.0 Å². The average molecular weight is 248 g/mol. The lowest BCUT2D eigenvalue weighted by Crippen LogP contribution is -2.34. The van der Waals surface area contributed by atoms with Gasteiger partial charge in [0, 0.05) is 25.7 Å². The molecule has 0 saturated carbocycles. The smallest absolute Gasteiger partial charge is 0.134 e. The van der Waals surface area contributed by atoms with Crippen molar-refractivity contribution >= 4 is 11.6 Å². The lowest BCUT2D eigenvalue weighted by atomic mass is 10.0. The molecule has 0 aliphatic carbocycles. The minimum atomic E-state index is 0.769. The first-order valence-corrected chi connectivity index (χ1v) is 7.10. The molecule has 0 amide bonds. The van der Waals surface area contributed by atoms with E-state index in [0.717, 1.165) is 37.2 Å². The Balaban J connectivity index is 1.97. The van der Waals surface area contributed by atoms with Crippen molar-refractivity contribution < 1.29 is 0 Å². The molecule has 2 rings (SSSR count). The van der Waals surface area contributed by atoms with Crippen LogP contribution in [0.2, 0.25) is 0 Å². The van der Waals surface area contributed by atoms with E-state index in [4.69, 9.17) is 0 Å². The second kappa shape index (κ2) is 6.57. The Kier molecular flexibility index (Phi) is 4.79. The van der Waals surface area contributed by atoms with Crippen LogP contribution in [-0.2, 0) is 0 Å². The van der Waals surface area contributed by atoms with Crippen LogP contribution >= 0.6 is 0 Å². The maximum Gasteiger partial charge on any atom is 0.134 e. The second-order valence-electron chi connectivity index (χ2n) is 5.24. The fourth-order valence-electron chi connectivity index (χ4n) is 2.41. The largest absolute Gasteiger partial charge is 0.370 e. The lowest BCUT2D eigenvalue weighted by Gasteiger charge is -2.31.